The highest BCUT2D eigenvalue weighted by molar-refractivity contribution is 6.31. The maximum absolute atomic E-state index is 13.2. The maximum atomic E-state index is 13.2. The third kappa shape index (κ3) is 4.06. The van der Waals surface area contributed by atoms with Crippen LogP contribution in [0.25, 0.3) is 0 Å². The largest absolute Gasteiger partial charge is 0.322 e. The predicted octanol–water partition coefficient (Wildman–Crippen LogP) is 4.59. The summed E-state index contributed by atoms with van der Waals surface area (Å²) >= 11 is 5.72. The fraction of sp³-hybridized carbons (Fsp3) is 0.158. The Hall–Kier alpha value is -2.66. The summed E-state index contributed by atoms with van der Waals surface area (Å²) in [7, 11) is 0. The Morgan fingerprint density at radius 2 is 1.88 bits per heavy atom. The average Bonchev–Trinajstić information content (AvgIpc) is 2.89. The molecule has 3 rings (SSSR count). The Morgan fingerprint density at radius 1 is 1.16 bits per heavy atom. The number of anilines is 1. The molecule has 0 aliphatic rings. The van der Waals surface area contributed by atoms with Crippen molar-refractivity contribution >= 4 is 23.2 Å². The lowest BCUT2D eigenvalue weighted by Crippen LogP contribution is -2.12. The molecule has 1 heterocycles. The molecule has 128 valence electrons. The number of aryl methyl sites for hydroxylation is 2. The zero-order valence-electron chi connectivity index (χ0n) is 13.9. The van der Waals surface area contributed by atoms with Gasteiger partial charge in [0.25, 0.3) is 5.91 Å². The molecule has 25 heavy (non-hydrogen) atoms. The lowest BCUT2D eigenvalue weighted by molar-refractivity contribution is 0.102. The van der Waals surface area contributed by atoms with Crippen LogP contribution in [-0.2, 0) is 6.54 Å². The van der Waals surface area contributed by atoms with Gasteiger partial charge in [-0.05, 0) is 55.8 Å². The van der Waals surface area contributed by atoms with Crippen molar-refractivity contribution in [1.29, 1.82) is 0 Å². The topological polar surface area (TPSA) is 46.9 Å². The molecule has 1 amide bonds. The Labute approximate surface area is 150 Å². The van der Waals surface area contributed by atoms with Gasteiger partial charge in [-0.25, -0.2) is 4.39 Å². The van der Waals surface area contributed by atoms with Gasteiger partial charge in [0.1, 0.15) is 5.82 Å². The fourth-order valence-corrected chi connectivity index (χ4v) is 2.73. The van der Waals surface area contributed by atoms with E-state index in [0.717, 1.165) is 17.0 Å². The molecule has 6 heteroatoms. The van der Waals surface area contributed by atoms with Crippen molar-refractivity contribution in [2.75, 3.05) is 5.32 Å². The summed E-state index contributed by atoms with van der Waals surface area (Å²) in [5.74, 6) is -0.798. The van der Waals surface area contributed by atoms with Gasteiger partial charge in [-0.15, -0.1) is 0 Å². The zero-order valence-corrected chi connectivity index (χ0v) is 14.6. The molecule has 0 atom stereocenters. The minimum atomic E-state index is -0.520. The molecular weight excluding hydrogens is 341 g/mol. The van der Waals surface area contributed by atoms with Gasteiger partial charge in [-0.3, -0.25) is 9.48 Å². The van der Waals surface area contributed by atoms with Crippen molar-refractivity contribution in [3.63, 3.8) is 0 Å². The normalized spacial score (nSPS) is 10.7. The quantitative estimate of drug-likeness (QED) is 0.742. The Morgan fingerprint density at radius 3 is 2.48 bits per heavy atom. The minimum Gasteiger partial charge on any atom is -0.322 e. The van der Waals surface area contributed by atoms with E-state index in [-0.39, 0.29) is 10.9 Å². The number of nitrogens with zero attached hydrogens (tertiary/aromatic N) is 2. The molecule has 0 spiro atoms. The van der Waals surface area contributed by atoms with E-state index in [2.05, 4.69) is 10.4 Å². The number of aromatic nitrogens is 2. The monoisotopic (exact) mass is 357 g/mol. The van der Waals surface area contributed by atoms with Gasteiger partial charge in [0.05, 0.1) is 17.3 Å². The van der Waals surface area contributed by atoms with Crippen molar-refractivity contribution in [1.82, 2.24) is 9.78 Å². The molecule has 0 fully saturated rings. The number of carbonyl (C=O) groups excluding carboxylic acids is 1. The van der Waals surface area contributed by atoms with E-state index in [4.69, 9.17) is 11.6 Å². The highest BCUT2D eigenvalue weighted by Crippen LogP contribution is 2.20. The summed E-state index contributed by atoms with van der Waals surface area (Å²) in [4.78, 5) is 12.3. The molecule has 0 bridgehead atoms. The van der Waals surface area contributed by atoms with Crippen molar-refractivity contribution in [3.8, 4) is 0 Å². The number of hydrogen-bond donors (Lipinski definition) is 1. The number of halogens is 2. The molecule has 4 nitrogen and oxygen atoms in total. The molecule has 1 aromatic heterocycles. The first kappa shape index (κ1) is 17.2. The van der Waals surface area contributed by atoms with E-state index >= 15 is 0 Å². The van der Waals surface area contributed by atoms with Crippen LogP contribution in [-0.4, -0.2) is 15.7 Å². The molecule has 0 aliphatic carbocycles. The van der Waals surface area contributed by atoms with E-state index in [9.17, 15) is 9.18 Å². The molecule has 2 aromatic carbocycles. The minimum absolute atomic E-state index is 0.0296. The van der Waals surface area contributed by atoms with E-state index in [1.54, 1.807) is 12.1 Å². The second-order valence-electron chi connectivity index (χ2n) is 5.86. The highest BCUT2D eigenvalue weighted by Gasteiger charge is 2.09. The lowest BCUT2D eigenvalue weighted by atomic mass is 10.1. The standard InChI is InChI=1S/C19H17ClFN3O/c1-12-9-13(2)24(23-12)11-14-3-5-15(6-4-14)19(25)22-16-7-8-18(21)17(20)10-16/h3-10H,11H2,1-2H3,(H,22,25). The predicted molar refractivity (Wildman–Crippen MR) is 96.6 cm³/mol. The molecule has 0 aliphatic heterocycles. The summed E-state index contributed by atoms with van der Waals surface area (Å²) < 4.78 is 15.1. The number of nitrogens with one attached hydrogen (secondary N) is 1. The Balaban J connectivity index is 1.69. The fourth-order valence-electron chi connectivity index (χ4n) is 2.55. The molecule has 0 saturated heterocycles. The number of amides is 1. The number of rotatable bonds is 4. The average molecular weight is 358 g/mol. The van der Waals surface area contributed by atoms with Crippen LogP contribution in [0.2, 0.25) is 5.02 Å². The van der Waals surface area contributed by atoms with Crippen molar-refractivity contribution in [2.24, 2.45) is 0 Å². The van der Waals surface area contributed by atoms with E-state index in [1.807, 2.05) is 36.7 Å². The molecular formula is C19H17ClFN3O. The first-order valence-corrected chi connectivity index (χ1v) is 8.16. The van der Waals surface area contributed by atoms with Crippen molar-refractivity contribution in [3.05, 3.63) is 81.9 Å². The summed E-state index contributed by atoms with van der Waals surface area (Å²) in [6, 6.07) is 13.4. The van der Waals surface area contributed by atoms with Crippen molar-refractivity contribution in [2.45, 2.75) is 20.4 Å². The van der Waals surface area contributed by atoms with E-state index in [0.29, 0.717) is 17.8 Å². The SMILES string of the molecule is Cc1cc(C)n(Cc2ccc(C(=O)Nc3ccc(F)c(Cl)c3)cc2)n1. The number of hydrogen-bond acceptors (Lipinski definition) is 2. The van der Waals surface area contributed by atoms with E-state index < -0.39 is 5.82 Å². The molecule has 1 N–H and O–H groups in total. The van der Waals surface area contributed by atoms with Crippen LogP contribution in [0.1, 0.15) is 27.3 Å². The van der Waals surface area contributed by atoms with Gasteiger partial charge in [-0.2, -0.15) is 5.10 Å². The summed E-state index contributed by atoms with van der Waals surface area (Å²) in [5, 5.41) is 7.10. The second-order valence-corrected chi connectivity index (χ2v) is 6.27. The lowest BCUT2D eigenvalue weighted by Gasteiger charge is -2.08. The second kappa shape index (κ2) is 7.07. The Bertz CT molecular complexity index is 919. The van der Waals surface area contributed by atoms with Crippen LogP contribution < -0.4 is 5.32 Å². The smallest absolute Gasteiger partial charge is 0.255 e. The van der Waals surface area contributed by atoms with Crippen LogP contribution in [0.4, 0.5) is 10.1 Å². The third-order valence-corrected chi connectivity index (χ3v) is 4.12. The highest BCUT2D eigenvalue weighted by atomic mass is 35.5. The van der Waals surface area contributed by atoms with Gasteiger partial charge >= 0.3 is 0 Å². The maximum Gasteiger partial charge on any atom is 0.255 e. The molecule has 0 radical (unpaired) electrons. The molecule has 3 aromatic rings. The van der Waals surface area contributed by atoms with Gasteiger partial charge < -0.3 is 5.32 Å². The Kier molecular flexibility index (Phi) is 4.86. The van der Waals surface area contributed by atoms with Crippen LogP contribution in [0, 0.1) is 19.7 Å². The number of carbonyl (C=O) groups is 1. The summed E-state index contributed by atoms with van der Waals surface area (Å²) in [6.45, 7) is 4.61. The summed E-state index contributed by atoms with van der Waals surface area (Å²) in [5.41, 5.74) is 4.08. The van der Waals surface area contributed by atoms with Crippen LogP contribution in [0.15, 0.2) is 48.5 Å². The third-order valence-electron chi connectivity index (χ3n) is 3.83. The van der Waals surface area contributed by atoms with Gasteiger partial charge in [0, 0.05) is 16.9 Å². The van der Waals surface area contributed by atoms with Gasteiger partial charge in [-0.1, -0.05) is 23.7 Å². The number of benzene rings is 2. The van der Waals surface area contributed by atoms with Crippen LogP contribution >= 0.6 is 11.6 Å². The molecule has 0 unspecified atom stereocenters. The zero-order chi connectivity index (χ0) is 18.0. The first-order valence-electron chi connectivity index (χ1n) is 7.79. The first-order chi connectivity index (χ1) is 11.9. The van der Waals surface area contributed by atoms with Crippen molar-refractivity contribution < 1.29 is 9.18 Å². The van der Waals surface area contributed by atoms with Crippen LogP contribution in [0.5, 0.6) is 0 Å². The summed E-state index contributed by atoms with van der Waals surface area (Å²) in [6.07, 6.45) is 0. The van der Waals surface area contributed by atoms with Gasteiger partial charge in [0.15, 0.2) is 0 Å². The molecule has 0 saturated carbocycles. The van der Waals surface area contributed by atoms with Gasteiger partial charge in [0.2, 0.25) is 0 Å². The van der Waals surface area contributed by atoms with Crippen LogP contribution in [0.3, 0.4) is 0 Å². The van der Waals surface area contributed by atoms with E-state index in [1.165, 1.54) is 18.2 Å².